The molecule has 0 fully saturated rings. The van der Waals surface area contributed by atoms with Crippen LogP contribution >= 0.6 is 0 Å². The summed E-state index contributed by atoms with van der Waals surface area (Å²) in [4.78, 5) is 4.10. The van der Waals surface area contributed by atoms with E-state index >= 15 is 0 Å². The molecule has 56 valence electrons. The highest BCUT2D eigenvalue weighted by molar-refractivity contribution is 5.77. The standard InChI is InChI=1S/C9H15N/c1-7(2)6-10-9(5)8(3)4/h6,8H,1,5H2,2-4H3. The van der Waals surface area contributed by atoms with Crippen LogP contribution in [0.15, 0.2) is 29.4 Å². The molecular weight excluding hydrogens is 122 g/mol. The molecule has 10 heavy (non-hydrogen) atoms. The summed E-state index contributed by atoms with van der Waals surface area (Å²) in [6, 6.07) is 0. The van der Waals surface area contributed by atoms with Gasteiger partial charge in [-0.25, -0.2) is 0 Å². The van der Waals surface area contributed by atoms with Crippen molar-refractivity contribution in [2.24, 2.45) is 10.9 Å². The Morgan fingerprint density at radius 1 is 1.40 bits per heavy atom. The molecule has 1 heteroatoms. The van der Waals surface area contributed by atoms with Crippen molar-refractivity contribution in [1.82, 2.24) is 0 Å². The molecule has 0 aromatic rings. The molecule has 0 radical (unpaired) electrons. The molecule has 0 unspecified atom stereocenters. The number of aliphatic imine (C=N–C) groups is 1. The van der Waals surface area contributed by atoms with Gasteiger partial charge < -0.3 is 0 Å². The van der Waals surface area contributed by atoms with E-state index in [9.17, 15) is 0 Å². The van der Waals surface area contributed by atoms with Crippen molar-refractivity contribution in [2.75, 3.05) is 0 Å². The minimum Gasteiger partial charge on any atom is -0.261 e. The maximum absolute atomic E-state index is 4.10. The Morgan fingerprint density at radius 2 is 1.90 bits per heavy atom. The van der Waals surface area contributed by atoms with Gasteiger partial charge in [0, 0.05) is 11.9 Å². The number of hydrogen-bond donors (Lipinski definition) is 0. The van der Waals surface area contributed by atoms with Crippen molar-refractivity contribution in [1.29, 1.82) is 0 Å². The summed E-state index contributed by atoms with van der Waals surface area (Å²) in [6.45, 7) is 13.5. The Bertz CT molecular complexity index is 164. The Hall–Kier alpha value is -0.850. The van der Waals surface area contributed by atoms with Gasteiger partial charge in [0.15, 0.2) is 0 Å². The van der Waals surface area contributed by atoms with Gasteiger partial charge in [0.1, 0.15) is 0 Å². The minimum atomic E-state index is 0.426. The first kappa shape index (κ1) is 9.15. The second-order valence-electron chi connectivity index (χ2n) is 2.75. The first-order valence-corrected chi connectivity index (χ1v) is 3.42. The highest BCUT2D eigenvalue weighted by atomic mass is 14.7. The number of hydrogen-bond acceptors (Lipinski definition) is 1. The lowest BCUT2D eigenvalue weighted by atomic mass is 10.2. The van der Waals surface area contributed by atoms with Crippen molar-refractivity contribution in [3.05, 3.63) is 24.4 Å². The van der Waals surface area contributed by atoms with Gasteiger partial charge in [0.05, 0.1) is 0 Å². The van der Waals surface area contributed by atoms with Gasteiger partial charge in [-0.1, -0.05) is 27.0 Å². The van der Waals surface area contributed by atoms with E-state index in [1.807, 2.05) is 6.92 Å². The van der Waals surface area contributed by atoms with Crippen LogP contribution in [0.25, 0.3) is 0 Å². The van der Waals surface area contributed by atoms with Crippen LogP contribution in [0.3, 0.4) is 0 Å². The van der Waals surface area contributed by atoms with Crippen LogP contribution in [0.4, 0.5) is 0 Å². The molecule has 0 aliphatic heterocycles. The zero-order valence-electron chi connectivity index (χ0n) is 7.02. The van der Waals surface area contributed by atoms with Crippen LogP contribution in [0.1, 0.15) is 20.8 Å². The fourth-order valence-electron chi connectivity index (χ4n) is 0.342. The molecule has 0 saturated heterocycles. The van der Waals surface area contributed by atoms with Gasteiger partial charge >= 0.3 is 0 Å². The maximum Gasteiger partial charge on any atom is 0.0357 e. The third-order valence-corrected chi connectivity index (χ3v) is 1.12. The van der Waals surface area contributed by atoms with Crippen LogP contribution in [0.5, 0.6) is 0 Å². The van der Waals surface area contributed by atoms with Gasteiger partial charge in [0.2, 0.25) is 0 Å². The van der Waals surface area contributed by atoms with E-state index in [-0.39, 0.29) is 0 Å². The molecule has 0 amide bonds. The van der Waals surface area contributed by atoms with Crippen LogP contribution < -0.4 is 0 Å². The molecule has 0 aromatic carbocycles. The van der Waals surface area contributed by atoms with E-state index in [1.165, 1.54) is 0 Å². The zero-order valence-corrected chi connectivity index (χ0v) is 7.02. The molecule has 0 aromatic heterocycles. The molecule has 0 heterocycles. The van der Waals surface area contributed by atoms with Crippen molar-refractivity contribution >= 4 is 6.21 Å². The summed E-state index contributed by atoms with van der Waals surface area (Å²) in [6.07, 6.45) is 1.74. The monoisotopic (exact) mass is 137 g/mol. The van der Waals surface area contributed by atoms with E-state index in [0.717, 1.165) is 11.3 Å². The summed E-state index contributed by atoms with van der Waals surface area (Å²) in [5.74, 6) is 0.426. The molecule has 0 aliphatic rings. The number of rotatable bonds is 3. The van der Waals surface area contributed by atoms with Crippen LogP contribution in [-0.2, 0) is 0 Å². The van der Waals surface area contributed by atoms with E-state index in [4.69, 9.17) is 0 Å². The minimum absolute atomic E-state index is 0.426. The van der Waals surface area contributed by atoms with Crippen LogP contribution in [-0.4, -0.2) is 6.21 Å². The summed E-state index contributed by atoms with van der Waals surface area (Å²) in [7, 11) is 0. The van der Waals surface area contributed by atoms with Gasteiger partial charge in [-0.15, -0.1) is 0 Å². The molecule has 0 N–H and O–H groups in total. The second-order valence-corrected chi connectivity index (χ2v) is 2.75. The van der Waals surface area contributed by atoms with Gasteiger partial charge in [0.25, 0.3) is 0 Å². The lowest BCUT2D eigenvalue weighted by molar-refractivity contribution is 0.763. The van der Waals surface area contributed by atoms with Gasteiger partial charge in [-0.3, -0.25) is 4.99 Å². The Labute approximate surface area is 63.2 Å². The largest absolute Gasteiger partial charge is 0.261 e. The molecule has 0 spiro atoms. The van der Waals surface area contributed by atoms with Crippen molar-refractivity contribution in [2.45, 2.75) is 20.8 Å². The fraction of sp³-hybridized carbons (Fsp3) is 0.444. The molecule has 0 saturated carbocycles. The average molecular weight is 137 g/mol. The first-order valence-electron chi connectivity index (χ1n) is 3.42. The van der Waals surface area contributed by atoms with E-state index in [2.05, 4.69) is 32.0 Å². The fourth-order valence-corrected chi connectivity index (χ4v) is 0.342. The summed E-state index contributed by atoms with van der Waals surface area (Å²) >= 11 is 0. The van der Waals surface area contributed by atoms with Crippen LogP contribution in [0, 0.1) is 5.92 Å². The quantitative estimate of drug-likeness (QED) is 0.530. The smallest absolute Gasteiger partial charge is 0.0357 e. The second kappa shape index (κ2) is 4.04. The maximum atomic E-state index is 4.10. The predicted octanol–water partition coefficient (Wildman–Crippen LogP) is 2.80. The molecule has 0 atom stereocenters. The molecule has 0 rings (SSSR count). The summed E-state index contributed by atoms with van der Waals surface area (Å²) in [5.41, 5.74) is 1.87. The predicted molar refractivity (Wildman–Crippen MR) is 47.3 cm³/mol. The van der Waals surface area contributed by atoms with Gasteiger partial charge in [-0.05, 0) is 18.4 Å². The number of allylic oxidation sites excluding steroid dienone is 2. The van der Waals surface area contributed by atoms with Gasteiger partial charge in [-0.2, -0.15) is 0 Å². The normalized spacial score (nSPS) is 10.8. The Balaban J connectivity index is 3.90. The van der Waals surface area contributed by atoms with E-state index < -0.39 is 0 Å². The lowest BCUT2D eigenvalue weighted by Gasteiger charge is -2.00. The number of nitrogens with zero attached hydrogens (tertiary/aromatic N) is 1. The van der Waals surface area contributed by atoms with Crippen molar-refractivity contribution in [3.63, 3.8) is 0 Å². The molecule has 0 aliphatic carbocycles. The highest BCUT2D eigenvalue weighted by Gasteiger charge is 1.94. The van der Waals surface area contributed by atoms with E-state index in [0.29, 0.717) is 5.92 Å². The zero-order chi connectivity index (χ0) is 8.15. The Morgan fingerprint density at radius 3 is 2.20 bits per heavy atom. The SMILES string of the molecule is C=C(C)C=NC(=C)C(C)C. The third-order valence-electron chi connectivity index (χ3n) is 1.12. The summed E-state index contributed by atoms with van der Waals surface area (Å²) < 4.78 is 0. The third kappa shape index (κ3) is 4.07. The van der Waals surface area contributed by atoms with Crippen molar-refractivity contribution < 1.29 is 0 Å². The summed E-state index contributed by atoms with van der Waals surface area (Å²) in [5, 5.41) is 0. The average Bonchev–Trinajstić information content (AvgIpc) is 1.82. The lowest BCUT2D eigenvalue weighted by Crippen LogP contribution is -1.88. The topological polar surface area (TPSA) is 12.4 Å². The van der Waals surface area contributed by atoms with Crippen molar-refractivity contribution in [3.8, 4) is 0 Å². The van der Waals surface area contributed by atoms with Crippen LogP contribution in [0.2, 0.25) is 0 Å². The highest BCUT2D eigenvalue weighted by Crippen LogP contribution is 2.06. The first-order chi connectivity index (χ1) is 4.54. The van der Waals surface area contributed by atoms with E-state index in [1.54, 1.807) is 6.21 Å². The molecule has 1 nitrogen and oxygen atoms in total. The molecule has 0 bridgehead atoms. The Kier molecular flexibility index (Phi) is 3.70. The molecular formula is C9H15N.